The van der Waals surface area contributed by atoms with Gasteiger partial charge in [-0.3, -0.25) is 4.79 Å². The molecule has 0 aromatic carbocycles. The highest BCUT2D eigenvalue weighted by atomic mass is 16.7. The van der Waals surface area contributed by atoms with Gasteiger partial charge in [0.1, 0.15) is 48.8 Å². The number of nitrogens with one attached hydrogen (secondary N) is 1. The van der Waals surface area contributed by atoms with Crippen LogP contribution < -0.4 is 5.32 Å². The van der Waals surface area contributed by atoms with E-state index in [0.29, 0.717) is 12.8 Å². The summed E-state index contributed by atoms with van der Waals surface area (Å²) in [4.78, 5) is 13.3. The summed E-state index contributed by atoms with van der Waals surface area (Å²) < 4.78 is 22.9. The van der Waals surface area contributed by atoms with Crippen LogP contribution in [0.5, 0.6) is 0 Å². The van der Waals surface area contributed by atoms with Crippen molar-refractivity contribution in [2.75, 3.05) is 19.8 Å². The summed E-state index contributed by atoms with van der Waals surface area (Å²) in [5.74, 6) is -0.198. The minimum atomic E-state index is -1.78. The maximum atomic E-state index is 13.3. The molecular weight excluding hydrogens is 1000 g/mol. The summed E-state index contributed by atoms with van der Waals surface area (Å²) in [6.45, 7) is 2.92. The van der Waals surface area contributed by atoms with Crippen LogP contribution in [0.3, 0.4) is 0 Å². The van der Waals surface area contributed by atoms with Gasteiger partial charge in [0.25, 0.3) is 0 Å². The van der Waals surface area contributed by atoms with E-state index < -0.39 is 86.8 Å². The molecule has 2 aliphatic rings. The van der Waals surface area contributed by atoms with E-state index in [1.165, 1.54) is 238 Å². The number of rotatable bonds is 56. The lowest BCUT2D eigenvalue weighted by Gasteiger charge is -2.46. The molecule has 0 saturated carbocycles. The summed E-state index contributed by atoms with van der Waals surface area (Å²) in [6, 6.07) is -0.823. The van der Waals surface area contributed by atoms with Crippen LogP contribution in [0.2, 0.25) is 0 Å². The molecule has 0 radical (unpaired) electrons. The second-order valence-electron chi connectivity index (χ2n) is 24.3. The topological polar surface area (TPSA) is 228 Å². The zero-order valence-corrected chi connectivity index (χ0v) is 50.9. The van der Waals surface area contributed by atoms with Crippen molar-refractivity contribution in [3.05, 3.63) is 0 Å². The molecule has 0 spiro atoms. The van der Waals surface area contributed by atoms with Crippen molar-refractivity contribution in [1.82, 2.24) is 5.32 Å². The molecule has 0 aromatic heterocycles. The Kier molecular flexibility index (Phi) is 48.2. The minimum Gasteiger partial charge on any atom is -0.394 e. The average Bonchev–Trinajstić information content (AvgIpc) is 3.47. The predicted octanol–water partition coefficient (Wildman–Crippen LogP) is 12.8. The van der Waals surface area contributed by atoms with Gasteiger partial charge < -0.3 is 65.1 Å². The number of aliphatic hydroxyl groups excluding tert-OH is 8. The maximum absolute atomic E-state index is 13.3. The van der Waals surface area contributed by atoms with Crippen molar-refractivity contribution in [1.29, 1.82) is 0 Å². The number of aliphatic hydroxyl groups is 8. The summed E-state index contributed by atoms with van der Waals surface area (Å²) in [6.07, 6.45) is 42.5. The van der Waals surface area contributed by atoms with Crippen LogP contribution in [-0.2, 0) is 23.7 Å². The van der Waals surface area contributed by atoms with Crippen molar-refractivity contribution in [2.24, 2.45) is 0 Å². The first-order chi connectivity index (χ1) is 38.6. The number of carbonyl (C=O) groups is 1. The van der Waals surface area contributed by atoms with E-state index in [1.54, 1.807) is 0 Å². The van der Waals surface area contributed by atoms with Gasteiger partial charge in [-0.2, -0.15) is 0 Å². The lowest BCUT2D eigenvalue weighted by atomic mass is 9.97. The van der Waals surface area contributed by atoms with E-state index in [2.05, 4.69) is 19.2 Å². The number of carbonyl (C=O) groups excluding carboxylic acids is 1. The molecule has 2 heterocycles. The van der Waals surface area contributed by atoms with Gasteiger partial charge in [-0.1, -0.05) is 296 Å². The number of amides is 1. The van der Waals surface area contributed by atoms with Crippen LogP contribution in [0.1, 0.15) is 316 Å². The van der Waals surface area contributed by atoms with Gasteiger partial charge in [-0.05, 0) is 12.8 Å². The molecular formula is C65H127NO13. The maximum Gasteiger partial charge on any atom is 0.220 e. The molecule has 0 bridgehead atoms. The minimum absolute atomic E-state index is 0.198. The first kappa shape index (κ1) is 74.1. The van der Waals surface area contributed by atoms with Crippen molar-refractivity contribution >= 4 is 5.91 Å². The Hall–Kier alpha value is -1.01. The largest absolute Gasteiger partial charge is 0.394 e. The normalized spacial score (nSPS) is 24.3. The van der Waals surface area contributed by atoms with E-state index in [-0.39, 0.29) is 12.5 Å². The fourth-order valence-corrected chi connectivity index (χ4v) is 11.7. The fourth-order valence-electron chi connectivity index (χ4n) is 11.7. The highest BCUT2D eigenvalue weighted by Crippen LogP contribution is 2.30. The van der Waals surface area contributed by atoms with E-state index in [0.717, 1.165) is 51.4 Å². The molecule has 470 valence electrons. The van der Waals surface area contributed by atoms with Crippen molar-refractivity contribution in [3.8, 4) is 0 Å². The third kappa shape index (κ3) is 36.4. The third-order valence-corrected chi connectivity index (χ3v) is 17.1. The lowest BCUT2D eigenvalue weighted by Crippen LogP contribution is -2.65. The molecule has 14 nitrogen and oxygen atoms in total. The quantitative estimate of drug-likeness (QED) is 0.0259. The molecule has 12 atom stereocenters. The Morgan fingerprint density at radius 2 is 0.722 bits per heavy atom. The molecule has 79 heavy (non-hydrogen) atoms. The summed E-state index contributed by atoms with van der Waals surface area (Å²) in [5, 5.41) is 87.5. The third-order valence-electron chi connectivity index (χ3n) is 17.1. The lowest BCUT2D eigenvalue weighted by molar-refractivity contribution is -0.359. The van der Waals surface area contributed by atoms with Crippen LogP contribution in [0.15, 0.2) is 0 Å². The van der Waals surface area contributed by atoms with Gasteiger partial charge in [0, 0.05) is 6.42 Å². The SMILES string of the molecule is CCCCCCCCCCCCCCCCCCCCCCCCCCCC(=O)NC(COC1OC(CO)C(OC2OC(CO)C(O)C(O)C2O)C(O)C1O)C(O)CCCCCCCCCCCCCCCCCCCCCC. The highest BCUT2D eigenvalue weighted by molar-refractivity contribution is 5.76. The van der Waals surface area contributed by atoms with Gasteiger partial charge in [0.15, 0.2) is 12.6 Å². The zero-order chi connectivity index (χ0) is 57.4. The Morgan fingerprint density at radius 1 is 0.405 bits per heavy atom. The van der Waals surface area contributed by atoms with E-state index in [1.807, 2.05) is 0 Å². The Balaban J connectivity index is 1.68. The predicted molar refractivity (Wildman–Crippen MR) is 319 cm³/mol. The van der Waals surface area contributed by atoms with Gasteiger partial charge in [0.05, 0.1) is 32.0 Å². The van der Waals surface area contributed by atoms with Crippen molar-refractivity contribution in [2.45, 2.75) is 389 Å². The summed E-state index contributed by atoms with van der Waals surface area (Å²) in [7, 11) is 0. The monoisotopic (exact) mass is 1130 g/mol. The molecule has 12 unspecified atom stereocenters. The number of ether oxygens (including phenoxy) is 4. The fraction of sp³-hybridized carbons (Fsp3) is 0.985. The smallest absolute Gasteiger partial charge is 0.220 e. The zero-order valence-electron chi connectivity index (χ0n) is 50.9. The standard InChI is InChI=1S/C65H127NO13/c1-3-5-7-9-11-13-15-17-19-21-23-25-26-27-28-29-31-33-35-37-39-41-43-45-47-49-57(70)66-53(54(69)48-46-44-42-40-38-36-34-32-30-24-22-20-18-16-14-12-10-8-6-4-2)52-76-64-62(75)60(73)63(56(51-68)78-64)79-65-61(74)59(72)58(71)55(50-67)77-65/h53-56,58-65,67-69,71-75H,3-52H2,1-2H3,(H,66,70). The van der Waals surface area contributed by atoms with Crippen LogP contribution in [0.25, 0.3) is 0 Å². The molecule has 2 rings (SSSR count). The van der Waals surface area contributed by atoms with Gasteiger partial charge >= 0.3 is 0 Å². The Bertz CT molecular complexity index is 1330. The Morgan fingerprint density at radius 3 is 1.08 bits per heavy atom. The molecule has 0 aliphatic carbocycles. The van der Waals surface area contributed by atoms with Crippen LogP contribution in [0, 0.1) is 0 Å². The van der Waals surface area contributed by atoms with Crippen molar-refractivity contribution < 1.29 is 64.6 Å². The summed E-state index contributed by atoms with van der Waals surface area (Å²) in [5.41, 5.74) is 0. The molecule has 2 fully saturated rings. The Labute approximate surface area is 483 Å². The van der Waals surface area contributed by atoms with E-state index in [4.69, 9.17) is 18.9 Å². The van der Waals surface area contributed by atoms with Crippen LogP contribution >= 0.6 is 0 Å². The molecule has 9 N–H and O–H groups in total. The number of hydrogen-bond acceptors (Lipinski definition) is 13. The molecule has 14 heteroatoms. The highest BCUT2D eigenvalue weighted by Gasteiger charge is 2.51. The van der Waals surface area contributed by atoms with Crippen LogP contribution in [-0.4, -0.2) is 140 Å². The van der Waals surface area contributed by atoms with Crippen molar-refractivity contribution in [3.63, 3.8) is 0 Å². The molecule has 0 aromatic rings. The molecule has 1 amide bonds. The molecule has 2 aliphatic heterocycles. The first-order valence-corrected chi connectivity index (χ1v) is 33.8. The average molecular weight is 1130 g/mol. The van der Waals surface area contributed by atoms with E-state index in [9.17, 15) is 45.6 Å². The van der Waals surface area contributed by atoms with Gasteiger partial charge in [-0.15, -0.1) is 0 Å². The van der Waals surface area contributed by atoms with Crippen LogP contribution in [0.4, 0.5) is 0 Å². The number of hydrogen-bond donors (Lipinski definition) is 9. The van der Waals surface area contributed by atoms with E-state index >= 15 is 0 Å². The summed E-state index contributed by atoms with van der Waals surface area (Å²) >= 11 is 0. The second kappa shape index (κ2) is 51.4. The number of unbranched alkanes of at least 4 members (excludes halogenated alkanes) is 43. The van der Waals surface area contributed by atoms with Gasteiger partial charge in [0.2, 0.25) is 5.91 Å². The van der Waals surface area contributed by atoms with Gasteiger partial charge in [-0.25, -0.2) is 0 Å². The second-order valence-corrected chi connectivity index (χ2v) is 24.3. The molecule has 2 saturated heterocycles. The first-order valence-electron chi connectivity index (χ1n) is 33.8.